The molecule has 0 radical (unpaired) electrons. The summed E-state index contributed by atoms with van der Waals surface area (Å²) in [5, 5.41) is 0. The van der Waals surface area contributed by atoms with Gasteiger partial charge in [-0.3, -0.25) is 14.4 Å². The minimum absolute atomic E-state index is 0.0683. The molecule has 0 fully saturated rings. The maximum absolute atomic E-state index is 12.9. The number of unbranched alkanes of at least 4 members (excludes halogenated alkanes) is 48. The highest BCUT2D eigenvalue weighted by molar-refractivity contribution is 5.71. The number of carbonyl (C=O) groups is 3. The molecule has 0 aromatic rings. The first-order chi connectivity index (χ1) is 37.0. The van der Waals surface area contributed by atoms with Gasteiger partial charge < -0.3 is 14.2 Å². The van der Waals surface area contributed by atoms with Crippen molar-refractivity contribution in [2.24, 2.45) is 0 Å². The first kappa shape index (κ1) is 72.9. The van der Waals surface area contributed by atoms with Crippen LogP contribution in [0.4, 0.5) is 0 Å². The fourth-order valence-corrected chi connectivity index (χ4v) is 10.4. The first-order valence-electron chi connectivity index (χ1n) is 33.8. The molecule has 6 nitrogen and oxygen atoms in total. The molecule has 0 aliphatic heterocycles. The normalized spacial score (nSPS) is 12.1. The van der Waals surface area contributed by atoms with Gasteiger partial charge in [-0.15, -0.1) is 0 Å². The number of hydrogen-bond donors (Lipinski definition) is 0. The Bertz CT molecular complexity index is 1210. The van der Waals surface area contributed by atoms with Crippen molar-refractivity contribution in [2.75, 3.05) is 13.2 Å². The Morgan fingerprint density at radius 2 is 0.480 bits per heavy atom. The summed E-state index contributed by atoms with van der Waals surface area (Å²) in [6.07, 6.45) is 77.7. The predicted octanol–water partition coefficient (Wildman–Crippen LogP) is 23.0. The van der Waals surface area contributed by atoms with Gasteiger partial charge >= 0.3 is 17.9 Å². The van der Waals surface area contributed by atoms with Crippen molar-refractivity contribution >= 4 is 17.9 Å². The Labute approximate surface area is 468 Å². The van der Waals surface area contributed by atoms with E-state index in [-0.39, 0.29) is 31.1 Å². The molecule has 442 valence electrons. The van der Waals surface area contributed by atoms with E-state index < -0.39 is 6.10 Å². The van der Waals surface area contributed by atoms with Crippen molar-refractivity contribution in [2.45, 2.75) is 386 Å². The van der Waals surface area contributed by atoms with E-state index in [4.69, 9.17) is 14.2 Å². The monoisotopic (exact) mass is 1050 g/mol. The summed E-state index contributed by atoms with van der Waals surface area (Å²) in [5.41, 5.74) is 0. The lowest BCUT2D eigenvalue weighted by Gasteiger charge is -2.18. The lowest BCUT2D eigenvalue weighted by atomic mass is 10.0. The van der Waals surface area contributed by atoms with E-state index in [0.717, 1.165) is 70.6 Å². The summed E-state index contributed by atoms with van der Waals surface area (Å²) in [6, 6.07) is 0. The quantitative estimate of drug-likeness (QED) is 0.0261. The number of allylic oxidation sites excluding steroid dienone is 4. The average molecular weight is 1060 g/mol. The van der Waals surface area contributed by atoms with Gasteiger partial charge in [0.25, 0.3) is 0 Å². The summed E-state index contributed by atoms with van der Waals surface area (Å²) in [4.78, 5) is 38.4. The molecule has 0 bridgehead atoms. The highest BCUT2D eigenvalue weighted by Crippen LogP contribution is 2.18. The molecule has 0 aliphatic carbocycles. The van der Waals surface area contributed by atoms with Crippen LogP contribution in [0.25, 0.3) is 0 Å². The molecule has 0 N–H and O–H groups in total. The number of rotatable bonds is 63. The highest BCUT2D eigenvalue weighted by atomic mass is 16.6. The summed E-state index contributed by atoms with van der Waals surface area (Å²) in [5.74, 6) is -0.846. The Hall–Kier alpha value is -2.11. The van der Waals surface area contributed by atoms with E-state index in [0.29, 0.717) is 19.3 Å². The highest BCUT2D eigenvalue weighted by Gasteiger charge is 2.19. The van der Waals surface area contributed by atoms with Gasteiger partial charge in [-0.25, -0.2) is 0 Å². The van der Waals surface area contributed by atoms with Crippen LogP contribution in [0.1, 0.15) is 380 Å². The van der Waals surface area contributed by atoms with E-state index in [1.54, 1.807) is 0 Å². The number of hydrogen-bond acceptors (Lipinski definition) is 6. The smallest absolute Gasteiger partial charge is 0.306 e. The Balaban J connectivity index is 4.24. The van der Waals surface area contributed by atoms with Gasteiger partial charge in [-0.2, -0.15) is 0 Å². The molecule has 0 saturated heterocycles. The lowest BCUT2D eigenvalue weighted by molar-refractivity contribution is -0.167. The van der Waals surface area contributed by atoms with Gasteiger partial charge in [-0.05, 0) is 51.4 Å². The second kappa shape index (κ2) is 64.4. The van der Waals surface area contributed by atoms with E-state index in [1.807, 2.05) is 0 Å². The van der Waals surface area contributed by atoms with Crippen molar-refractivity contribution in [3.05, 3.63) is 24.3 Å². The van der Waals surface area contributed by atoms with Gasteiger partial charge in [-0.1, -0.05) is 334 Å². The van der Waals surface area contributed by atoms with E-state index in [2.05, 4.69) is 45.1 Å². The van der Waals surface area contributed by atoms with Crippen molar-refractivity contribution < 1.29 is 28.6 Å². The molecule has 0 aliphatic rings. The second-order valence-corrected chi connectivity index (χ2v) is 23.1. The fourth-order valence-electron chi connectivity index (χ4n) is 10.4. The zero-order valence-electron chi connectivity index (χ0n) is 50.8. The lowest BCUT2D eigenvalue weighted by Crippen LogP contribution is -2.30. The SMILES string of the molecule is CCCCC/C=C\C/C=C\CCCCCCCCCC(=O)OC(COC(=O)CCCCCCCCCCCCCCCCC)COC(=O)CCCCCCCCCCCCCCCCCCCCCCCCCCC. The van der Waals surface area contributed by atoms with Gasteiger partial charge in [0.15, 0.2) is 6.10 Å². The van der Waals surface area contributed by atoms with Gasteiger partial charge in [0.1, 0.15) is 13.2 Å². The molecule has 0 amide bonds. The second-order valence-electron chi connectivity index (χ2n) is 23.1. The van der Waals surface area contributed by atoms with Crippen molar-refractivity contribution in [3.8, 4) is 0 Å². The van der Waals surface area contributed by atoms with Crippen LogP contribution in [0, 0.1) is 0 Å². The maximum atomic E-state index is 12.9. The molecule has 1 unspecified atom stereocenters. The topological polar surface area (TPSA) is 78.9 Å². The summed E-state index contributed by atoms with van der Waals surface area (Å²) >= 11 is 0. The van der Waals surface area contributed by atoms with Gasteiger partial charge in [0.2, 0.25) is 0 Å². The van der Waals surface area contributed by atoms with Crippen LogP contribution in [-0.4, -0.2) is 37.2 Å². The summed E-state index contributed by atoms with van der Waals surface area (Å²) < 4.78 is 17.0. The molecular formula is C69H130O6. The van der Waals surface area contributed by atoms with Crippen LogP contribution in [0.5, 0.6) is 0 Å². The van der Waals surface area contributed by atoms with Crippen LogP contribution in [-0.2, 0) is 28.6 Å². The van der Waals surface area contributed by atoms with Crippen LogP contribution in [0.2, 0.25) is 0 Å². The number of carbonyl (C=O) groups excluding carboxylic acids is 3. The summed E-state index contributed by atoms with van der Waals surface area (Å²) in [7, 11) is 0. The third kappa shape index (κ3) is 62.6. The standard InChI is InChI=1S/C69H130O6/c1-4-7-10-13-16-19-22-25-28-30-31-32-33-34-35-36-37-39-41-44-47-50-53-56-59-62-68(71)74-65-66(64-73-67(70)61-58-55-52-49-46-43-40-27-24-21-18-15-12-9-6-3)75-69(72)63-60-57-54-51-48-45-42-38-29-26-23-20-17-14-11-8-5-2/h17,20,26,29,66H,4-16,18-19,21-25,27-28,30-65H2,1-3H3/b20-17-,29-26-. The third-order valence-electron chi connectivity index (χ3n) is 15.5. The third-order valence-corrected chi connectivity index (χ3v) is 15.5. The average Bonchev–Trinajstić information content (AvgIpc) is 3.41. The molecule has 0 aromatic carbocycles. The zero-order valence-corrected chi connectivity index (χ0v) is 50.8. The predicted molar refractivity (Wildman–Crippen MR) is 326 cm³/mol. The minimum Gasteiger partial charge on any atom is -0.462 e. The molecule has 1 atom stereocenters. The zero-order chi connectivity index (χ0) is 54.3. The van der Waals surface area contributed by atoms with E-state index in [1.165, 1.54) is 270 Å². The Morgan fingerprint density at radius 1 is 0.267 bits per heavy atom. The van der Waals surface area contributed by atoms with Crippen LogP contribution in [0.3, 0.4) is 0 Å². The van der Waals surface area contributed by atoms with E-state index in [9.17, 15) is 14.4 Å². The molecule has 0 aromatic heterocycles. The largest absolute Gasteiger partial charge is 0.462 e. The number of esters is 3. The fraction of sp³-hybridized carbons (Fsp3) is 0.899. The molecule has 75 heavy (non-hydrogen) atoms. The van der Waals surface area contributed by atoms with Crippen LogP contribution >= 0.6 is 0 Å². The molecular weight excluding hydrogens is 925 g/mol. The van der Waals surface area contributed by atoms with Crippen LogP contribution < -0.4 is 0 Å². The molecule has 0 rings (SSSR count). The van der Waals surface area contributed by atoms with Gasteiger partial charge in [0.05, 0.1) is 0 Å². The first-order valence-corrected chi connectivity index (χ1v) is 33.8. The minimum atomic E-state index is -0.772. The van der Waals surface area contributed by atoms with Gasteiger partial charge in [0, 0.05) is 19.3 Å². The Kier molecular flexibility index (Phi) is 62.6. The van der Waals surface area contributed by atoms with Crippen LogP contribution in [0.15, 0.2) is 24.3 Å². The molecule has 0 heterocycles. The Morgan fingerprint density at radius 3 is 0.760 bits per heavy atom. The van der Waals surface area contributed by atoms with Crippen molar-refractivity contribution in [3.63, 3.8) is 0 Å². The van der Waals surface area contributed by atoms with Crippen molar-refractivity contribution in [1.29, 1.82) is 0 Å². The number of ether oxygens (including phenoxy) is 3. The molecule has 6 heteroatoms. The molecule has 0 saturated carbocycles. The van der Waals surface area contributed by atoms with Crippen molar-refractivity contribution in [1.82, 2.24) is 0 Å². The maximum Gasteiger partial charge on any atom is 0.306 e. The van der Waals surface area contributed by atoms with E-state index >= 15 is 0 Å². The summed E-state index contributed by atoms with van der Waals surface area (Å²) in [6.45, 7) is 6.69. The molecule has 0 spiro atoms.